The summed E-state index contributed by atoms with van der Waals surface area (Å²) in [5.74, 6) is 0. The molecule has 4 heteroatoms. The van der Waals surface area contributed by atoms with Crippen LogP contribution in [0.15, 0.2) is 12.5 Å². The van der Waals surface area contributed by atoms with Crippen LogP contribution in [0.4, 0.5) is 0 Å². The molecule has 4 nitrogen and oxygen atoms in total. The molecular formula is C14H24N4. The Balaban J connectivity index is 1.82. The van der Waals surface area contributed by atoms with Gasteiger partial charge in [0.2, 0.25) is 0 Å². The number of rotatable bonds is 3. The van der Waals surface area contributed by atoms with Gasteiger partial charge in [-0.25, -0.2) is 4.98 Å². The van der Waals surface area contributed by atoms with E-state index in [2.05, 4.69) is 28.3 Å². The van der Waals surface area contributed by atoms with Gasteiger partial charge in [-0.05, 0) is 39.7 Å². The number of hydrogen-bond donors (Lipinski definition) is 1. The van der Waals surface area contributed by atoms with Gasteiger partial charge in [-0.15, -0.1) is 0 Å². The van der Waals surface area contributed by atoms with Crippen LogP contribution in [0.3, 0.4) is 0 Å². The van der Waals surface area contributed by atoms with E-state index in [1.54, 1.807) is 0 Å². The van der Waals surface area contributed by atoms with Crippen LogP contribution in [0.5, 0.6) is 0 Å². The molecule has 0 aliphatic carbocycles. The third kappa shape index (κ3) is 2.19. The summed E-state index contributed by atoms with van der Waals surface area (Å²) in [5.41, 5.74) is 7.28. The normalized spacial score (nSPS) is 28.8. The van der Waals surface area contributed by atoms with Crippen LogP contribution >= 0.6 is 0 Å². The van der Waals surface area contributed by atoms with Crippen molar-refractivity contribution in [2.75, 3.05) is 13.1 Å². The zero-order chi connectivity index (χ0) is 12.8. The fourth-order valence-corrected chi connectivity index (χ4v) is 3.61. The zero-order valence-corrected chi connectivity index (χ0v) is 11.5. The SMILES string of the molecule is CC(C)(N)Cc1cncn1C1CCN2CCCC12. The van der Waals surface area contributed by atoms with Crippen LogP contribution in [0.1, 0.15) is 44.8 Å². The van der Waals surface area contributed by atoms with Crippen molar-refractivity contribution in [1.29, 1.82) is 0 Å². The van der Waals surface area contributed by atoms with E-state index < -0.39 is 0 Å². The average Bonchev–Trinajstić information content (AvgIpc) is 2.89. The molecule has 0 saturated carbocycles. The summed E-state index contributed by atoms with van der Waals surface area (Å²) in [4.78, 5) is 6.99. The minimum Gasteiger partial charge on any atom is -0.330 e. The zero-order valence-electron chi connectivity index (χ0n) is 11.5. The minimum absolute atomic E-state index is 0.161. The van der Waals surface area contributed by atoms with Gasteiger partial charge in [0, 0.05) is 36.4 Å². The summed E-state index contributed by atoms with van der Waals surface area (Å²) < 4.78 is 2.39. The fraction of sp³-hybridized carbons (Fsp3) is 0.786. The molecule has 0 amide bonds. The Labute approximate surface area is 109 Å². The highest BCUT2D eigenvalue weighted by Gasteiger charge is 2.38. The second kappa shape index (κ2) is 4.35. The van der Waals surface area contributed by atoms with Gasteiger partial charge in [-0.2, -0.15) is 0 Å². The molecule has 100 valence electrons. The highest BCUT2D eigenvalue weighted by Crippen LogP contribution is 2.36. The van der Waals surface area contributed by atoms with Crippen molar-refractivity contribution < 1.29 is 0 Å². The molecule has 2 saturated heterocycles. The molecule has 3 rings (SSSR count). The van der Waals surface area contributed by atoms with Crippen LogP contribution in [-0.4, -0.2) is 39.1 Å². The van der Waals surface area contributed by atoms with Gasteiger partial charge in [-0.3, -0.25) is 4.90 Å². The second-order valence-corrected chi connectivity index (χ2v) is 6.56. The molecule has 2 fully saturated rings. The van der Waals surface area contributed by atoms with Gasteiger partial charge < -0.3 is 10.3 Å². The molecule has 2 aliphatic heterocycles. The van der Waals surface area contributed by atoms with Gasteiger partial charge >= 0.3 is 0 Å². The number of nitrogens with two attached hydrogens (primary N) is 1. The molecule has 18 heavy (non-hydrogen) atoms. The molecular weight excluding hydrogens is 224 g/mol. The van der Waals surface area contributed by atoms with Crippen molar-refractivity contribution in [3.05, 3.63) is 18.2 Å². The quantitative estimate of drug-likeness (QED) is 0.883. The Hall–Kier alpha value is -0.870. The van der Waals surface area contributed by atoms with E-state index in [-0.39, 0.29) is 5.54 Å². The number of fused-ring (bicyclic) bond motifs is 1. The van der Waals surface area contributed by atoms with Crippen LogP contribution in [0, 0.1) is 0 Å². The van der Waals surface area contributed by atoms with Gasteiger partial charge in [-0.1, -0.05) is 0 Å². The molecule has 2 atom stereocenters. The van der Waals surface area contributed by atoms with E-state index >= 15 is 0 Å². The predicted octanol–water partition coefficient (Wildman–Crippen LogP) is 1.57. The summed E-state index contributed by atoms with van der Waals surface area (Å²) in [5, 5.41) is 0. The van der Waals surface area contributed by atoms with Gasteiger partial charge in [0.05, 0.1) is 12.4 Å². The van der Waals surface area contributed by atoms with Gasteiger partial charge in [0.15, 0.2) is 0 Å². The van der Waals surface area contributed by atoms with Crippen molar-refractivity contribution >= 4 is 0 Å². The van der Waals surface area contributed by atoms with E-state index in [1.807, 2.05) is 12.5 Å². The van der Waals surface area contributed by atoms with Crippen molar-refractivity contribution in [1.82, 2.24) is 14.5 Å². The standard InChI is InChI=1S/C14H24N4/c1-14(2,15)8-11-9-16-10-18(11)13-5-7-17-6-3-4-12(13)17/h9-10,12-13H,3-8,15H2,1-2H3. The number of hydrogen-bond acceptors (Lipinski definition) is 3. The maximum Gasteiger partial charge on any atom is 0.0951 e. The molecule has 0 bridgehead atoms. The first-order valence-electron chi connectivity index (χ1n) is 7.08. The Morgan fingerprint density at radius 2 is 2.17 bits per heavy atom. The fourth-order valence-electron chi connectivity index (χ4n) is 3.61. The Morgan fingerprint density at radius 1 is 1.33 bits per heavy atom. The van der Waals surface area contributed by atoms with E-state index in [4.69, 9.17) is 5.73 Å². The molecule has 2 unspecified atom stereocenters. The van der Waals surface area contributed by atoms with Crippen molar-refractivity contribution in [2.45, 2.75) is 57.2 Å². The average molecular weight is 248 g/mol. The second-order valence-electron chi connectivity index (χ2n) is 6.56. The first-order chi connectivity index (χ1) is 8.54. The van der Waals surface area contributed by atoms with Crippen LogP contribution in [0.25, 0.3) is 0 Å². The van der Waals surface area contributed by atoms with Crippen LogP contribution < -0.4 is 5.73 Å². The molecule has 0 radical (unpaired) electrons. The van der Waals surface area contributed by atoms with E-state index in [0.29, 0.717) is 6.04 Å². The summed E-state index contributed by atoms with van der Waals surface area (Å²) in [6.45, 7) is 6.70. The lowest BCUT2D eigenvalue weighted by Gasteiger charge is -2.25. The monoisotopic (exact) mass is 248 g/mol. The Morgan fingerprint density at radius 3 is 2.94 bits per heavy atom. The largest absolute Gasteiger partial charge is 0.330 e. The summed E-state index contributed by atoms with van der Waals surface area (Å²) >= 11 is 0. The smallest absolute Gasteiger partial charge is 0.0951 e. The molecule has 0 aromatic carbocycles. The first-order valence-corrected chi connectivity index (χ1v) is 7.08. The highest BCUT2D eigenvalue weighted by atomic mass is 15.3. The lowest BCUT2D eigenvalue weighted by molar-refractivity contribution is 0.286. The highest BCUT2D eigenvalue weighted by molar-refractivity contribution is 5.08. The summed E-state index contributed by atoms with van der Waals surface area (Å²) in [6.07, 6.45) is 8.86. The van der Waals surface area contributed by atoms with Gasteiger partial charge in [0.1, 0.15) is 0 Å². The van der Waals surface area contributed by atoms with Crippen LogP contribution in [-0.2, 0) is 6.42 Å². The van der Waals surface area contributed by atoms with Gasteiger partial charge in [0.25, 0.3) is 0 Å². The van der Waals surface area contributed by atoms with Crippen molar-refractivity contribution in [3.8, 4) is 0 Å². The third-order valence-corrected chi connectivity index (χ3v) is 4.31. The van der Waals surface area contributed by atoms with E-state index in [9.17, 15) is 0 Å². The number of imidazole rings is 1. The third-order valence-electron chi connectivity index (χ3n) is 4.31. The molecule has 3 heterocycles. The molecule has 1 aromatic heterocycles. The van der Waals surface area contributed by atoms with Crippen molar-refractivity contribution in [2.24, 2.45) is 5.73 Å². The lowest BCUT2D eigenvalue weighted by atomic mass is 9.99. The summed E-state index contributed by atoms with van der Waals surface area (Å²) in [7, 11) is 0. The maximum atomic E-state index is 6.15. The summed E-state index contributed by atoms with van der Waals surface area (Å²) in [6, 6.07) is 1.35. The molecule has 0 spiro atoms. The minimum atomic E-state index is -0.161. The van der Waals surface area contributed by atoms with Crippen LogP contribution in [0.2, 0.25) is 0 Å². The Bertz CT molecular complexity index is 418. The van der Waals surface area contributed by atoms with Crippen molar-refractivity contribution in [3.63, 3.8) is 0 Å². The lowest BCUT2D eigenvalue weighted by Crippen LogP contribution is -2.36. The topological polar surface area (TPSA) is 47.1 Å². The van der Waals surface area contributed by atoms with E-state index in [0.717, 1.165) is 12.5 Å². The Kier molecular flexibility index (Phi) is 2.94. The number of nitrogens with zero attached hydrogens (tertiary/aromatic N) is 3. The molecule has 2 aliphatic rings. The predicted molar refractivity (Wildman–Crippen MR) is 72.4 cm³/mol. The number of aromatic nitrogens is 2. The maximum absolute atomic E-state index is 6.15. The molecule has 2 N–H and O–H groups in total. The molecule has 1 aromatic rings. The van der Waals surface area contributed by atoms with E-state index in [1.165, 1.54) is 38.0 Å². The first kappa shape index (κ1) is 12.2.